The zero-order valence-corrected chi connectivity index (χ0v) is 18.8. The molecule has 30 heavy (non-hydrogen) atoms. The van der Waals surface area contributed by atoms with Gasteiger partial charge in [-0.15, -0.1) is 11.8 Å². The van der Waals surface area contributed by atoms with Crippen LogP contribution in [0.4, 0.5) is 5.95 Å². The number of thioether (sulfide) groups is 1. The highest BCUT2D eigenvalue weighted by Crippen LogP contribution is 2.34. The lowest BCUT2D eigenvalue weighted by atomic mass is 10.1. The van der Waals surface area contributed by atoms with Gasteiger partial charge >= 0.3 is 0 Å². The average Bonchev–Trinajstić information content (AvgIpc) is 2.88. The van der Waals surface area contributed by atoms with Crippen LogP contribution in [0.5, 0.6) is 5.75 Å². The molecule has 1 aliphatic rings. The van der Waals surface area contributed by atoms with Gasteiger partial charge in [0.15, 0.2) is 5.65 Å². The second-order valence-corrected chi connectivity index (χ2v) is 10.1. The fourth-order valence-corrected chi connectivity index (χ4v) is 5.66. The summed E-state index contributed by atoms with van der Waals surface area (Å²) in [6.45, 7) is 4.28. The molecular formula is C18H23N7O3S2. The van der Waals surface area contributed by atoms with Crippen LogP contribution in [0.2, 0.25) is 0 Å². The van der Waals surface area contributed by atoms with Gasteiger partial charge in [0.05, 0.1) is 36.7 Å². The van der Waals surface area contributed by atoms with Crippen LogP contribution in [-0.4, -0.2) is 58.3 Å². The Morgan fingerprint density at radius 1 is 1.37 bits per heavy atom. The molecule has 0 spiro atoms. The van der Waals surface area contributed by atoms with Crippen LogP contribution in [0.1, 0.15) is 22.5 Å². The van der Waals surface area contributed by atoms with E-state index in [9.17, 15) is 8.42 Å². The van der Waals surface area contributed by atoms with Crippen LogP contribution in [0.25, 0.3) is 11.0 Å². The number of hydrogen-bond acceptors (Lipinski definition) is 9. The second-order valence-electron chi connectivity index (χ2n) is 7.34. The van der Waals surface area contributed by atoms with E-state index in [0.29, 0.717) is 29.4 Å². The standard InChI is InChI=1S/C18H23N7O3S2/c1-9-6-20-13(10(2)15(9)28-3)7-25-16-14-12(23-25)5-11(24-30(4,26)27)8-29-17(14)22-18(19)21-16/h6,11,24H,5,7-8H2,1-4H3,(H2,19,21,22). The summed E-state index contributed by atoms with van der Waals surface area (Å²) in [5.74, 6) is 1.48. The van der Waals surface area contributed by atoms with Crippen LogP contribution in [0.3, 0.4) is 0 Å². The van der Waals surface area contributed by atoms with Crippen LogP contribution in [-0.2, 0) is 23.0 Å². The summed E-state index contributed by atoms with van der Waals surface area (Å²) in [6, 6.07) is -0.300. The van der Waals surface area contributed by atoms with Gasteiger partial charge in [-0.25, -0.2) is 22.8 Å². The topological polar surface area (TPSA) is 138 Å². The Kier molecular flexibility index (Phi) is 5.32. The predicted molar refractivity (Wildman–Crippen MR) is 115 cm³/mol. The summed E-state index contributed by atoms with van der Waals surface area (Å²) in [5.41, 5.74) is 10.0. The summed E-state index contributed by atoms with van der Waals surface area (Å²) < 4.78 is 33.4. The van der Waals surface area contributed by atoms with Crippen LogP contribution in [0.15, 0.2) is 11.2 Å². The molecule has 10 nitrogen and oxygen atoms in total. The van der Waals surface area contributed by atoms with Crippen molar-refractivity contribution in [1.82, 2.24) is 29.5 Å². The Bertz CT molecular complexity index is 1240. The van der Waals surface area contributed by atoms with Gasteiger partial charge in [0, 0.05) is 35.5 Å². The zero-order valence-electron chi connectivity index (χ0n) is 17.1. The summed E-state index contributed by atoms with van der Waals surface area (Å²) in [5, 5.41) is 6.27. The first-order chi connectivity index (χ1) is 14.2. The van der Waals surface area contributed by atoms with E-state index in [0.717, 1.165) is 39.9 Å². The van der Waals surface area contributed by atoms with Gasteiger partial charge in [0.1, 0.15) is 10.8 Å². The number of anilines is 1. The molecule has 0 saturated heterocycles. The van der Waals surface area contributed by atoms with Crippen molar-refractivity contribution in [2.45, 2.75) is 37.9 Å². The number of nitrogens with one attached hydrogen (secondary N) is 1. The highest BCUT2D eigenvalue weighted by molar-refractivity contribution is 7.99. The number of aromatic nitrogens is 5. The number of hydrogen-bond donors (Lipinski definition) is 2. The molecule has 160 valence electrons. The first-order valence-corrected chi connectivity index (χ1v) is 12.2. The van der Waals surface area contributed by atoms with E-state index in [4.69, 9.17) is 15.6 Å². The van der Waals surface area contributed by atoms with E-state index < -0.39 is 10.0 Å². The highest BCUT2D eigenvalue weighted by Gasteiger charge is 2.27. The molecule has 1 unspecified atom stereocenters. The predicted octanol–water partition coefficient (Wildman–Crippen LogP) is 1.04. The van der Waals surface area contributed by atoms with Gasteiger partial charge in [0.25, 0.3) is 0 Å². The van der Waals surface area contributed by atoms with Crippen molar-refractivity contribution >= 4 is 38.8 Å². The maximum Gasteiger partial charge on any atom is 0.223 e. The number of rotatable bonds is 5. The Balaban J connectivity index is 1.79. The zero-order chi connectivity index (χ0) is 21.6. The minimum atomic E-state index is -3.35. The minimum Gasteiger partial charge on any atom is -0.496 e. The fourth-order valence-electron chi connectivity index (χ4n) is 3.71. The molecule has 1 atom stereocenters. The molecular weight excluding hydrogens is 426 g/mol. The number of ether oxygens (including phenoxy) is 1. The third-order valence-corrected chi connectivity index (χ3v) is 6.84. The summed E-state index contributed by atoms with van der Waals surface area (Å²) in [6.07, 6.45) is 3.36. The number of methoxy groups -OCH3 is 1. The van der Waals surface area contributed by atoms with Gasteiger partial charge in [-0.1, -0.05) is 0 Å². The highest BCUT2D eigenvalue weighted by atomic mass is 32.2. The molecule has 3 aromatic heterocycles. The lowest BCUT2D eigenvalue weighted by molar-refractivity contribution is 0.406. The normalized spacial score (nSPS) is 16.6. The molecule has 0 radical (unpaired) electrons. The summed E-state index contributed by atoms with van der Waals surface area (Å²) in [7, 11) is -1.71. The maximum atomic E-state index is 11.7. The molecule has 0 aliphatic carbocycles. The smallest absolute Gasteiger partial charge is 0.223 e. The molecule has 0 saturated carbocycles. The number of aryl methyl sites for hydroxylation is 1. The van der Waals surface area contributed by atoms with E-state index in [-0.39, 0.29) is 12.0 Å². The molecule has 3 aromatic rings. The van der Waals surface area contributed by atoms with Crippen LogP contribution < -0.4 is 15.2 Å². The van der Waals surface area contributed by atoms with Gasteiger partial charge in [0.2, 0.25) is 16.0 Å². The monoisotopic (exact) mass is 449 g/mol. The van der Waals surface area contributed by atoms with E-state index in [1.165, 1.54) is 11.8 Å². The minimum absolute atomic E-state index is 0.151. The first-order valence-electron chi connectivity index (χ1n) is 9.28. The SMILES string of the molecule is COc1c(C)cnc(Cn2nc3c4c(nc(N)nc42)SCC(NS(C)(=O)=O)C3)c1C. The fraction of sp³-hybridized carbons (Fsp3) is 0.444. The van der Waals surface area contributed by atoms with E-state index in [1.807, 2.05) is 13.8 Å². The molecule has 4 rings (SSSR count). The largest absolute Gasteiger partial charge is 0.496 e. The summed E-state index contributed by atoms with van der Waals surface area (Å²) in [4.78, 5) is 13.3. The number of pyridine rings is 1. The third-order valence-electron chi connectivity index (χ3n) is 4.94. The molecule has 0 fully saturated rings. The summed E-state index contributed by atoms with van der Waals surface area (Å²) >= 11 is 1.45. The second kappa shape index (κ2) is 7.67. The van der Waals surface area contributed by atoms with Crippen molar-refractivity contribution < 1.29 is 13.2 Å². The molecule has 3 N–H and O–H groups in total. The van der Waals surface area contributed by atoms with Crippen molar-refractivity contribution in [2.24, 2.45) is 0 Å². The van der Waals surface area contributed by atoms with Crippen molar-refractivity contribution in [2.75, 3.05) is 24.9 Å². The maximum absolute atomic E-state index is 11.7. The van der Waals surface area contributed by atoms with E-state index >= 15 is 0 Å². The van der Waals surface area contributed by atoms with Crippen molar-refractivity contribution in [1.29, 1.82) is 0 Å². The Morgan fingerprint density at radius 3 is 2.83 bits per heavy atom. The number of sulfonamides is 1. The molecule has 1 aliphatic heterocycles. The van der Waals surface area contributed by atoms with E-state index in [1.54, 1.807) is 18.0 Å². The molecule has 4 heterocycles. The van der Waals surface area contributed by atoms with Crippen LogP contribution in [0, 0.1) is 13.8 Å². The van der Waals surface area contributed by atoms with Crippen LogP contribution >= 0.6 is 11.8 Å². The van der Waals surface area contributed by atoms with Gasteiger partial charge in [-0.05, 0) is 13.8 Å². The molecule has 0 amide bonds. The van der Waals surface area contributed by atoms with Gasteiger partial charge in [-0.3, -0.25) is 4.98 Å². The Hall–Kier alpha value is -2.44. The number of nitrogens with zero attached hydrogens (tertiary/aromatic N) is 5. The first kappa shape index (κ1) is 20.8. The lowest BCUT2D eigenvalue weighted by Crippen LogP contribution is -2.37. The van der Waals surface area contributed by atoms with E-state index in [2.05, 4.69) is 19.7 Å². The third kappa shape index (κ3) is 3.94. The van der Waals surface area contributed by atoms with Gasteiger partial charge in [-0.2, -0.15) is 10.1 Å². The molecule has 0 aromatic carbocycles. The van der Waals surface area contributed by atoms with Crippen molar-refractivity contribution in [3.63, 3.8) is 0 Å². The number of nitrogens with two attached hydrogens (primary N) is 1. The van der Waals surface area contributed by atoms with Gasteiger partial charge < -0.3 is 10.5 Å². The number of nitrogen functional groups attached to an aromatic ring is 1. The average molecular weight is 450 g/mol. The molecule has 0 bridgehead atoms. The Labute approximate surface area is 178 Å². The van der Waals surface area contributed by atoms with Crippen molar-refractivity contribution in [3.05, 3.63) is 28.7 Å². The lowest BCUT2D eigenvalue weighted by Gasteiger charge is -2.14. The molecule has 12 heteroatoms. The van der Waals surface area contributed by atoms with Crippen molar-refractivity contribution in [3.8, 4) is 5.75 Å². The Morgan fingerprint density at radius 2 is 2.13 bits per heavy atom. The quantitative estimate of drug-likeness (QED) is 0.547.